The van der Waals surface area contributed by atoms with Crippen LogP contribution in [0.4, 0.5) is 0 Å². The van der Waals surface area contributed by atoms with Crippen molar-refractivity contribution >= 4 is 59.2 Å². The molecule has 0 radical (unpaired) electrons. The molecule has 1 heterocycles. The smallest absolute Gasteiger partial charge is 0.321 e. The number of halogens is 2. The van der Waals surface area contributed by atoms with E-state index < -0.39 is 16.0 Å². The average Bonchev–Trinajstić information content (AvgIpc) is 3.05. The van der Waals surface area contributed by atoms with Crippen LogP contribution in [0, 0.1) is 0 Å². The van der Waals surface area contributed by atoms with E-state index in [9.17, 15) is 13.2 Å². The molecule has 0 saturated heterocycles. The van der Waals surface area contributed by atoms with E-state index in [1.54, 1.807) is 6.07 Å². The number of carbonyl (C=O) groups excluding carboxylic acids is 1. The maximum atomic E-state index is 12.9. The van der Waals surface area contributed by atoms with E-state index in [-0.39, 0.29) is 17.5 Å². The van der Waals surface area contributed by atoms with Gasteiger partial charge in [-0.3, -0.25) is 4.79 Å². The van der Waals surface area contributed by atoms with Crippen LogP contribution >= 0.6 is 43.2 Å². The zero-order valence-corrected chi connectivity index (χ0v) is 16.1. The van der Waals surface area contributed by atoms with Crippen LogP contribution in [-0.4, -0.2) is 38.4 Å². The minimum Gasteiger partial charge on any atom is -0.468 e. The summed E-state index contributed by atoms with van der Waals surface area (Å²) in [6.45, 7) is -0.247. The van der Waals surface area contributed by atoms with Crippen molar-refractivity contribution in [2.45, 2.75) is 36.6 Å². The van der Waals surface area contributed by atoms with Crippen molar-refractivity contribution in [1.82, 2.24) is 4.31 Å². The number of rotatable bonds is 5. The Hall–Kier alpha value is 0.0400. The molecule has 1 aliphatic carbocycles. The maximum Gasteiger partial charge on any atom is 0.321 e. The van der Waals surface area contributed by atoms with Crippen molar-refractivity contribution in [3.05, 3.63) is 13.6 Å². The van der Waals surface area contributed by atoms with Gasteiger partial charge in [0.1, 0.15) is 11.4 Å². The summed E-state index contributed by atoms with van der Waals surface area (Å²) < 4.78 is 32.9. The lowest BCUT2D eigenvalue weighted by Gasteiger charge is -2.26. The molecule has 2 rings (SSSR count). The molecular formula is C12H15Br2NO4S2. The van der Waals surface area contributed by atoms with Gasteiger partial charge in [0.25, 0.3) is 0 Å². The third-order valence-electron chi connectivity index (χ3n) is 3.46. The van der Waals surface area contributed by atoms with Gasteiger partial charge in [-0.05, 0) is 50.8 Å². The molecule has 9 heteroatoms. The number of hydrogen-bond donors (Lipinski definition) is 0. The highest BCUT2D eigenvalue weighted by atomic mass is 79.9. The zero-order chi connectivity index (χ0) is 15.6. The fourth-order valence-corrected chi connectivity index (χ4v) is 7.81. The Morgan fingerprint density at radius 1 is 1.43 bits per heavy atom. The van der Waals surface area contributed by atoms with E-state index in [2.05, 4.69) is 36.6 Å². The second kappa shape index (κ2) is 7.08. The normalized spacial score (nSPS) is 16.6. The number of ether oxygens (including phenoxy) is 1. The SMILES string of the molecule is COC(=O)CN(C1CCCC1)S(=O)(=O)c1cc(Br)sc1Br. The molecule has 1 fully saturated rings. The van der Waals surface area contributed by atoms with Gasteiger partial charge in [0.2, 0.25) is 10.0 Å². The molecule has 1 saturated carbocycles. The van der Waals surface area contributed by atoms with Gasteiger partial charge in [0, 0.05) is 6.04 Å². The van der Waals surface area contributed by atoms with Crippen molar-refractivity contribution in [3.63, 3.8) is 0 Å². The topological polar surface area (TPSA) is 63.7 Å². The van der Waals surface area contributed by atoms with Gasteiger partial charge in [-0.2, -0.15) is 4.31 Å². The minimum atomic E-state index is -3.73. The largest absolute Gasteiger partial charge is 0.468 e. The molecule has 118 valence electrons. The highest BCUT2D eigenvalue weighted by molar-refractivity contribution is 9.12. The highest BCUT2D eigenvalue weighted by Gasteiger charge is 2.36. The Morgan fingerprint density at radius 3 is 2.52 bits per heavy atom. The number of hydrogen-bond acceptors (Lipinski definition) is 5. The Morgan fingerprint density at radius 2 is 2.05 bits per heavy atom. The predicted molar refractivity (Wildman–Crippen MR) is 87.9 cm³/mol. The lowest BCUT2D eigenvalue weighted by atomic mass is 10.2. The van der Waals surface area contributed by atoms with E-state index in [0.29, 0.717) is 3.79 Å². The summed E-state index contributed by atoms with van der Waals surface area (Å²) in [6, 6.07) is 1.42. The summed E-state index contributed by atoms with van der Waals surface area (Å²) in [5, 5.41) is 0. The second-order valence-electron chi connectivity index (χ2n) is 4.75. The van der Waals surface area contributed by atoms with Gasteiger partial charge >= 0.3 is 5.97 Å². The Bertz CT molecular complexity index is 623. The fraction of sp³-hybridized carbons (Fsp3) is 0.583. The molecule has 0 spiro atoms. The van der Waals surface area contributed by atoms with Crippen molar-refractivity contribution in [2.75, 3.05) is 13.7 Å². The van der Waals surface area contributed by atoms with Crippen molar-refractivity contribution in [2.24, 2.45) is 0 Å². The molecule has 1 aliphatic rings. The summed E-state index contributed by atoms with van der Waals surface area (Å²) in [5.41, 5.74) is 0. The number of thiophene rings is 1. The first kappa shape index (κ1) is 17.4. The number of methoxy groups -OCH3 is 1. The summed E-state index contributed by atoms with van der Waals surface area (Å²) in [6.07, 6.45) is 3.51. The lowest BCUT2D eigenvalue weighted by Crippen LogP contribution is -2.42. The first-order chi connectivity index (χ1) is 9.86. The number of nitrogens with zero attached hydrogens (tertiary/aromatic N) is 1. The van der Waals surface area contributed by atoms with Crippen LogP contribution in [0.1, 0.15) is 25.7 Å². The Balaban J connectivity index is 2.38. The standard InChI is InChI=1S/C12H15Br2NO4S2/c1-19-11(16)7-15(8-4-2-3-5-8)21(17,18)9-6-10(13)20-12(9)14/h6,8H,2-5,7H2,1H3. The van der Waals surface area contributed by atoms with Crippen LogP contribution in [0.2, 0.25) is 0 Å². The van der Waals surface area contributed by atoms with Gasteiger partial charge in [0.05, 0.1) is 14.7 Å². The van der Waals surface area contributed by atoms with E-state index >= 15 is 0 Å². The van der Waals surface area contributed by atoms with Crippen LogP contribution < -0.4 is 0 Å². The van der Waals surface area contributed by atoms with Crippen LogP contribution in [0.3, 0.4) is 0 Å². The zero-order valence-electron chi connectivity index (χ0n) is 11.3. The van der Waals surface area contributed by atoms with Crippen LogP contribution in [0.5, 0.6) is 0 Å². The van der Waals surface area contributed by atoms with Crippen LogP contribution in [0.15, 0.2) is 18.5 Å². The quantitative estimate of drug-likeness (QED) is 0.631. The molecule has 5 nitrogen and oxygen atoms in total. The maximum absolute atomic E-state index is 12.9. The van der Waals surface area contributed by atoms with Gasteiger partial charge in [-0.1, -0.05) is 12.8 Å². The Kier molecular flexibility index (Phi) is 5.86. The molecule has 21 heavy (non-hydrogen) atoms. The van der Waals surface area contributed by atoms with Crippen molar-refractivity contribution in [1.29, 1.82) is 0 Å². The summed E-state index contributed by atoms with van der Waals surface area (Å²) in [5.74, 6) is -0.545. The molecule has 0 N–H and O–H groups in total. The van der Waals surface area contributed by atoms with E-state index in [1.165, 1.54) is 22.8 Å². The molecule has 0 bridgehead atoms. The van der Waals surface area contributed by atoms with E-state index in [4.69, 9.17) is 0 Å². The number of carbonyl (C=O) groups is 1. The first-order valence-corrected chi connectivity index (χ1v) is 10.2. The van der Waals surface area contributed by atoms with Gasteiger partial charge < -0.3 is 4.74 Å². The summed E-state index contributed by atoms with van der Waals surface area (Å²) in [7, 11) is -2.47. The molecule has 0 unspecified atom stereocenters. The molecule has 0 aliphatic heterocycles. The fourth-order valence-electron chi connectivity index (χ4n) is 2.42. The Labute approximate surface area is 145 Å². The van der Waals surface area contributed by atoms with Crippen molar-refractivity contribution in [3.8, 4) is 0 Å². The second-order valence-corrected chi connectivity index (χ2v) is 10.4. The summed E-state index contributed by atoms with van der Waals surface area (Å²) >= 11 is 7.86. The van der Waals surface area contributed by atoms with Gasteiger partial charge in [0.15, 0.2) is 0 Å². The third-order valence-corrected chi connectivity index (χ3v) is 8.11. The van der Waals surface area contributed by atoms with Gasteiger partial charge in [-0.25, -0.2) is 8.42 Å². The predicted octanol–water partition coefficient (Wildman–Crippen LogP) is 3.38. The van der Waals surface area contributed by atoms with Crippen LogP contribution in [-0.2, 0) is 19.6 Å². The van der Waals surface area contributed by atoms with E-state index in [0.717, 1.165) is 29.5 Å². The molecular weight excluding hydrogens is 446 g/mol. The van der Waals surface area contributed by atoms with E-state index in [1.807, 2.05) is 0 Å². The van der Waals surface area contributed by atoms with Crippen LogP contribution in [0.25, 0.3) is 0 Å². The molecule has 0 amide bonds. The van der Waals surface area contributed by atoms with Gasteiger partial charge in [-0.15, -0.1) is 11.3 Å². The molecule has 0 aromatic carbocycles. The number of esters is 1. The lowest BCUT2D eigenvalue weighted by molar-refractivity contribution is -0.141. The van der Waals surface area contributed by atoms with Crippen molar-refractivity contribution < 1.29 is 17.9 Å². The highest BCUT2D eigenvalue weighted by Crippen LogP contribution is 2.38. The monoisotopic (exact) mass is 459 g/mol. The average molecular weight is 461 g/mol. The molecule has 0 atom stereocenters. The minimum absolute atomic E-state index is 0.139. The third kappa shape index (κ3) is 3.87. The first-order valence-electron chi connectivity index (χ1n) is 6.39. The molecule has 1 aromatic rings. The molecule has 1 aromatic heterocycles. The summed E-state index contributed by atoms with van der Waals surface area (Å²) in [4.78, 5) is 11.8. The number of sulfonamides is 1.